The topological polar surface area (TPSA) is 77.0 Å². The molecule has 1 aromatic carbocycles. The molecule has 2 heterocycles. The monoisotopic (exact) mass is 338 g/mol. The van der Waals surface area contributed by atoms with Crippen LogP contribution in [0.4, 0.5) is 10.1 Å². The van der Waals surface area contributed by atoms with E-state index in [1.165, 1.54) is 12.3 Å². The Hall–Kier alpha value is -3.35. The fourth-order valence-electron chi connectivity index (χ4n) is 2.25. The van der Waals surface area contributed by atoms with E-state index in [1.54, 1.807) is 26.0 Å². The molecule has 0 radical (unpaired) electrons. The molecule has 6 nitrogen and oxygen atoms in total. The number of anilines is 1. The Labute approximate surface area is 143 Å². The normalized spacial score (nSPS) is 10.4. The van der Waals surface area contributed by atoms with Gasteiger partial charge in [-0.15, -0.1) is 0 Å². The number of pyridine rings is 1. The summed E-state index contributed by atoms with van der Waals surface area (Å²) in [6.07, 6.45) is 2.34. The molecule has 1 N–H and O–H groups in total. The third kappa shape index (κ3) is 3.77. The third-order valence-corrected chi connectivity index (χ3v) is 3.46. The van der Waals surface area contributed by atoms with Gasteiger partial charge in [-0.25, -0.2) is 4.39 Å². The standard InChI is InChI=1S/C18H15FN4O2/c1-11-16(23-17(24)14-8-9-20-10-15(14)19)12(2)22-18(21-11)25-13-6-4-3-5-7-13/h3-10H,1-2H3,(H,23,24). The van der Waals surface area contributed by atoms with Crippen LogP contribution < -0.4 is 10.1 Å². The number of hydrogen-bond acceptors (Lipinski definition) is 5. The van der Waals surface area contributed by atoms with Crippen molar-refractivity contribution in [3.8, 4) is 11.8 Å². The van der Waals surface area contributed by atoms with Crippen LogP contribution in [0.5, 0.6) is 11.8 Å². The van der Waals surface area contributed by atoms with Gasteiger partial charge in [0.15, 0.2) is 5.82 Å². The molecule has 0 aliphatic carbocycles. The summed E-state index contributed by atoms with van der Waals surface area (Å²) in [6.45, 7) is 3.43. The van der Waals surface area contributed by atoms with Gasteiger partial charge in [0.25, 0.3) is 5.91 Å². The van der Waals surface area contributed by atoms with Crippen molar-refractivity contribution >= 4 is 11.6 Å². The summed E-state index contributed by atoms with van der Waals surface area (Å²) in [5.74, 6) is -0.677. The first-order valence-corrected chi connectivity index (χ1v) is 7.53. The fourth-order valence-corrected chi connectivity index (χ4v) is 2.25. The number of carbonyl (C=O) groups is 1. The van der Waals surface area contributed by atoms with Gasteiger partial charge in [0.1, 0.15) is 5.75 Å². The number of amides is 1. The van der Waals surface area contributed by atoms with E-state index in [0.29, 0.717) is 22.8 Å². The largest absolute Gasteiger partial charge is 0.424 e. The van der Waals surface area contributed by atoms with Gasteiger partial charge in [-0.1, -0.05) is 18.2 Å². The highest BCUT2D eigenvalue weighted by molar-refractivity contribution is 6.04. The lowest BCUT2D eigenvalue weighted by Crippen LogP contribution is -2.16. The van der Waals surface area contributed by atoms with Gasteiger partial charge < -0.3 is 10.1 Å². The molecular weight excluding hydrogens is 323 g/mol. The Balaban J connectivity index is 1.83. The number of hydrogen-bond donors (Lipinski definition) is 1. The van der Waals surface area contributed by atoms with Gasteiger partial charge in [0.05, 0.1) is 28.8 Å². The number of ether oxygens (including phenoxy) is 1. The van der Waals surface area contributed by atoms with Gasteiger partial charge in [0, 0.05) is 6.20 Å². The molecule has 25 heavy (non-hydrogen) atoms. The van der Waals surface area contributed by atoms with Gasteiger partial charge in [-0.3, -0.25) is 9.78 Å². The number of para-hydroxylation sites is 1. The number of rotatable bonds is 4. The number of halogens is 1. The zero-order valence-electron chi connectivity index (χ0n) is 13.7. The van der Waals surface area contributed by atoms with Crippen LogP contribution in [0.25, 0.3) is 0 Å². The van der Waals surface area contributed by atoms with Crippen molar-refractivity contribution in [1.82, 2.24) is 15.0 Å². The molecule has 3 rings (SSSR count). The van der Waals surface area contributed by atoms with Crippen LogP contribution in [0.1, 0.15) is 21.7 Å². The lowest BCUT2D eigenvalue weighted by molar-refractivity contribution is 0.102. The molecule has 0 spiro atoms. The van der Waals surface area contributed by atoms with Crippen LogP contribution in [0.3, 0.4) is 0 Å². The molecular formula is C18H15FN4O2. The number of nitrogens with zero attached hydrogens (tertiary/aromatic N) is 3. The maximum absolute atomic E-state index is 13.7. The van der Waals surface area contributed by atoms with Crippen molar-refractivity contribution in [1.29, 1.82) is 0 Å². The first-order chi connectivity index (χ1) is 12.0. The molecule has 0 bridgehead atoms. The average Bonchev–Trinajstić information content (AvgIpc) is 2.59. The van der Waals surface area contributed by atoms with Crippen molar-refractivity contribution < 1.29 is 13.9 Å². The average molecular weight is 338 g/mol. The zero-order chi connectivity index (χ0) is 17.8. The van der Waals surface area contributed by atoms with Gasteiger partial charge in [0.2, 0.25) is 0 Å². The number of aryl methyl sites for hydroxylation is 2. The van der Waals surface area contributed by atoms with Crippen molar-refractivity contribution in [2.24, 2.45) is 0 Å². The van der Waals surface area contributed by atoms with Crippen LogP contribution in [0.2, 0.25) is 0 Å². The summed E-state index contributed by atoms with van der Waals surface area (Å²) in [7, 11) is 0. The molecule has 0 aliphatic rings. The number of nitrogens with one attached hydrogen (secondary N) is 1. The molecule has 2 aromatic heterocycles. The highest BCUT2D eigenvalue weighted by Gasteiger charge is 2.16. The predicted molar refractivity (Wildman–Crippen MR) is 90.2 cm³/mol. The predicted octanol–water partition coefficient (Wildman–Crippen LogP) is 3.67. The van der Waals surface area contributed by atoms with Crippen molar-refractivity contribution in [3.63, 3.8) is 0 Å². The number of carbonyl (C=O) groups excluding carboxylic acids is 1. The lowest BCUT2D eigenvalue weighted by atomic mass is 10.2. The van der Waals surface area contributed by atoms with E-state index < -0.39 is 11.7 Å². The van der Waals surface area contributed by atoms with Gasteiger partial charge in [-0.2, -0.15) is 9.97 Å². The summed E-state index contributed by atoms with van der Waals surface area (Å²) in [4.78, 5) is 24.4. The molecule has 0 fully saturated rings. The Morgan fingerprint density at radius 2 is 1.76 bits per heavy atom. The first kappa shape index (κ1) is 16.5. The molecule has 0 saturated heterocycles. The minimum absolute atomic E-state index is 0.0987. The maximum Gasteiger partial charge on any atom is 0.322 e. The summed E-state index contributed by atoms with van der Waals surface area (Å²) in [5.41, 5.74) is 1.35. The Bertz CT molecular complexity index is 893. The molecule has 0 unspecified atom stereocenters. The fraction of sp³-hybridized carbons (Fsp3) is 0.111. The number of benzene rings is 1. The summed E-state index contributed by atoms with van der Waals surface area (Å²) in [5, 5.41) is 2.64. The summed E-state index contributed by atoms with van der Waals surface area (Å²) < 4.78 is 19.3. The van der Waals surface area contributed by atoms with Crippen LogP contribution in [0.15, 0.2) is 48.8 Å². The molecule has 0 atom stereocenters. The summed E-state index contributed by atoms with van der Waals surface area (Å²) in [6, 6.07) is 10.6. The van der Waals surface area contributed by atoms with E-state index in [2.05, 4.69) is 20.3 Å². The Morgan fingerprint density at radius 1 is 1.08 bits per heavy atom. The molecule has 1 amide bonds. The minimum atomic E-state index is -0.694. The van der Waals surface area contributed by atoms with Gasteiger partial charge >= 0.3 is 6.01 Å². The second-order valence-corrected chi connectivity index (χ2v) is 5.28. The van der Waals surface area contributed by atoms with Crippen LogP contribution in [-0.2, 0) is 0 Å². The molecule has 0 aliphatic heterocycles. The second-order valence-electron chi connectivity index (χ2n) is 5.28. The third-order valence-electron chi connectivity index (χ3n) is 3.46. The lowest BCUT2D eigenvalue weighted by Gasteiger charge is -2.12. The van der Waals surface area contributed by atoms with E-state index in [4.69, 9.17) is 4.74 Å². The SMILES string of the molecule is Cc1nc(Oc2ccccc2)nc(C)c1NC(=O)c1ccncc1F. The Kier molecular flexibility index (Phi) is 4.65. The quantitative estimate of drug-likeness (QED) is 0.785. The molecule has 3 aromatic rings. The molecule has 0 saturated carbocycles. The molecule has 126 valence electrons. The van der Waals surface area contributed by atoms with Crippen molar-refractivity contribution in [2.75, 3.05) is 5.32 Å². The highest BCUT2D eigenvalue weighted by atomic mass is 19.1. The second kappa shape index (κ2) is 7.04. The first-order valence-electron chi connectivity index (χ1n) is 7.53. The van der Waals surface area contributed by atoms with E-state index in [1.807, 2.05) is 18.2 Å². The van der Waals surface area contributed by atoms with E-state index in [-0.39, 0.29) is 11.6 Å². The van der Waals surface area contributed by atoms with E-state index in [9.17, 15) is 9.18 Å². The minimum Gasteiger partial charge on any atom is -0.424 e. The van der Waals surface area contributed by atoms with Crippen LogP contribution in [0, 0.1) is 19.7 Å². The molecule has 7 heteroatoms. The van der Waals surface area contributed by atoms with Gasteiger partial charge in [-0.05, 0) is 32.0 Å². The summed E-state index contributed by atoms with van der Waals surface area (Å²) >= 11 is 0. The highest BCUT2D eigenvalue weighted by Crippen LogP contribution is 2.23. The number of aromatic nitrogens is 3. The Morgan fingerprint density at radius 3 is 2.40 bits per heavy atom. The van der Waals surface area contributed by atoms with E-state index >= 15 is 0 Å². The van der Waals surface area contributed by atoms with E-state index in [0.717, 1.165) is 6.20 Å². The zero-order valence-corrected chi connectivity index (χ0v) is 13.7. The smallest absolute Gasteiger partial charge is 0.322 e. The van der Waals surface area contributed by atoms with Crippen molar-refractivity contribution in [2.45, 2.75) is 13.8 Å². The van der Waals surface area contributed by atoms with Crippen molar-refractivity contribution in [3.05, 3.63) is 71.6 Å². The van der Waals surface area contributed by atoms with Crippen LogP contribution in [-0.4, -0.2) is 20.9 Å². The maximum atomic E-state index is 13.7. The van der Waals surface area contributed by atoms with Crippen LogP contribution >= 0.6 is 0 Å².